The first-order valence-electron chi connectivity index (χ1n) is 7.37. The van der Waals surface area contributed by atoms with Gasteiger partial charge in [0.05, 0.1) is 22.7 Å². The van der Waals surface area contributed by atoms with Crippen LogP contribution in [-0.4, -0.2) is 37.1 Å². The summed E-state index contributed by atoms with van der Waals surface area (Å²) < 4.78 is 29.7. The van der Waals surface area contributed by atoms with Crippen molar-refractivity contribution in [1.82, 2.24) is 0 Å². The number of phenolic OH excluding ortho intramolecular Hbond substituents is 1. The summed E-state index contributed by atoms with van der Waals surface area (Å²) in [5, 5.41) is 20.9. The second kappa shape index (κ2) is 6.26. The average molecular weight is 375 g/mol. The SMILES string of the molecule is COc1cc(/C=C2\CS(=O)(=O)c3ccccc3C2=O)cc([N+](=O)[O-])c1O. The first kappa shape index (κ1) is 17.6. The number of nitro groups is 1. The summed E-state index contributed by atoms with van der Waals surface area (Å²) >= 11 is 0. The highest BCUT2D eigenvalue weighted by Gasteiger charge is 2.32. The van der Waals surface area contributed by atoms with Crippen molar-refractivity contribution in [1.29, 1.82) is 0 Å². The number of phenols is 1. The van der Waals surface area contributed by atoms with Gasteiger partial charge >= 0.3 is 5.69 Å². The second-order valence-electron chi connectivity index (χ2n) is 5.60. The van der Waals surface area contributed by atoms with Crippen LogP contribution in [0.3, 0.4) is 0 Å². The summed E-state index contributed by atoms with van der Waals surface area (Å²) in [6, 6.07) is 8.22. The van der Waals surface area contributed by atoms with Crippen molar-refractivity contribution in [2.75, 3.05) is 12.9 Å². The standard InChI is InChI=1S/C17H13NO7S/c1-25-14-8-10(7-13(17(14)20)18(21)22)6-11-9-26(23,24)15-5-3-2-4-12(15)16(11)19/h2-8,20H,9H2,1H3/b11-6+. The maximum atomic E-state index is 12.6. The molecule has 3 rings (SSSR count). The van der Waals surface area contributed by atoms with Crippen LogP contribution >= 0.6 is 0 Å². The van der Waals surface area contributed by atoms with Crippen LogP contribution in [0.2, 0.25) is 0 Å². The number of Topliss-reactive ketones (excluding diaryl/α,β-unsaturated/α-hetero) is 1. The molecule has 9 heteroatoms. The van der Waals surface area contributed by atoms with Crippen molar-refractivity contribution < 1.29 is 28.0 Å². The summed E-state index contributed by atoms with van der Waals surface area (Å²) in [5.41, 5.74) is -0.400. The average Bonchev–Trinajstić information content (AvgIpc) is 2.60. The van der Waals surface area contributed by atoms with Gasteiger partial charge in [-0.3, -0.25) is 14.9 Å². The Morgan fingerprint density at radius 1 is 1.27 bits per heavy atom. The molecule has 26 heavy (non-hydrogen) atoms. The molecule has 0 amide bonds. The van der Waals surface area contributed by atoms with Gasteiger partial charge < -0.3 is 9.84 Å². The lowest BCUT2D eigenvalue weighted by Crippen LogP contribution is -2.24. The molecular formula is C17H13NO7S. The maximum absolute atomic E-state index is 12.6. The maximum Gasteiger partial charge on any atom is 0.315 e. The van der Waals surface area contributed by atoms with E-state index in [1.807, 2.05) is 0 Å². The number of sulfone groups is 1. The van der Waals surface area contributed by atoms with Gasteiger partial charge in [-0.2, -0.15) is 0 Å². The van der Waals surface area contributed by atoms with Gasteiger partial charge in [-0.1, -0.05) is 12.1 Å². The molecule has 0 radical (unpaired) electrons. The van der Waals surface area contributed by atoms with Crippen molar-refractivity contribution in [2.24, 2.45) is 0 Å². The van der Waals surface area contributed by atoms with Crippen molar-refractivity contribution >= 4 is 27.4 Å². The largest absolute Gasteiger partial charge is 0.500 e. The number of hydrogen-bond acceptors (Lipinski definition) is 7. The van der Waals surface area contributed by atoms with Gasteiger partial charge in [-0.05, 0) is 29.8 Å². The van der Waals surface area contributed by atoms with Crippen LogP contribution in [0, 0.1) is 10.1 Å². The van der Waals surface area contributed by atoms with E-state index in [9.17, 15) is 28.4 Å². The van der Waals surface area contributed by atoms with Crippen molar-refractivity contribution in [3.05, 3.63) is 63.2 Å². The number of carbonyl (C=O) groups is 1. The third kappa shape index (κ3) is 2.93. The van der Waals surface area contributed by atoms with E-state index in [1.54, 1.807) is 6.07 Å². The lowest BCUT2D eigenvalue weighted by molar-refractivity contribution is -0.386. The third-order valence-corrected chi connectivity index (χ3v) is 5.66. The minimum atomic E-state index is -3.70. The van der Waals surface area contributed by atoms with Crippen LogP contribution in [0.4, 0.5) is 5.69 Å². The number of carbonyl (C=O) groups excluding carboxylic acids is 1. The highest BCUT2D eigenvalue weighted by molar-refractivity contribution is 7.91. The van der Waals surface area contributed by atoms with E-state index < -0.39 is 37.7 Å². The Labute approximate surface area is 148 Å². The zero-order valence-corrected chi connectivity index (χ0v) is 14.3. The van der Waals surface area contributed by atoms with E-state index in [0.717, 1.165) is 6.07 Å². The van der Waals surface area contributed by atoms with E-state index >= 15 is 0 Å². The van der Waals surface area contributed by atoms with Crippen LogP contribution in [-0.2, 0) is 9.84 Å². The number of rotatable bonds is 3. The summed E-state index contributed by atoms with van der Waals surface area (Å²) in [7, 11) is -2.47. The predicted molar refractivity (Wildman–Crippen MR) is 92.1 cm³/mol. The van der Waals surface area contributed by atoms with Crippen molar-refractivity contribution in [2.45, 2.75) is 4.90 Å². The highest BCUT2D eigenvalue weighted by atomic mass is 32.2. The molecule has 0 bridgehead atoms. The number of aromatic hydroxyl groups is 1. The van der Waals surface area contributed by atoms with Crippen LogP contribution in [0.25, 0.3) is 6.08 Å². The molecule has 0 unspecified atom stereocenters. The van der Waals surface area contributed by atoms with Crippen LogP contribution in [0.5, 0.6) is 11.5 Å². The van der Waals surface area contributed by atoms with E-state index in [-0.39, 0.29) is 27.3 Å². The fourth-order valence-corrected chi connectivity index (χ4v) is 4.31. The minimum Gasteiger partial charge on any atom is -0.500 e. The van der Waals surface area contributed by atoms with Gasteiger partial charge in [-0.15, -0.1) is 0 Å². The van der Waals surface area contributed by atoms with Gasteiger partial charge in [-0.25, -0.2) is 8.42 Å². The molecule has 0 saturated heterocycles. The second-order valence-corrected chi connectivity index (χ2v) is 7.56. The number of nitro benzene ring substituents is 1. The van der Waals surface area contributed by atoms with Gasteiger partial charge in [0, 0.05) is 17.2 Å². The molecule has 0 aromatic heterocycles. The first-order chi connectivity index (χ1) is 12.2. The van der Waals surface area contributed by atoms with Crippen molar-refractivity contribution in [3.63, 3.8) is 0 Å². The van der Waals surface area contributed by atoms with Gasteiger partial charge in [0.1, 0.15) is 0 Å². The Hall–Kier alpha value is -3.20. The Balaban J connectivity index is 2.16. The van der Waals surface area contributed by atoms with E-state index in [2.05, 4.69) is 0 Å². The summed E-state index contributed by atoms with van der Waals surface area (Å²) in [5.74, 6) is -1.78. The zero-order valence-electron chi connectivity index (χ0n) is 13.5. The summed E-state index contributed by atoms with van der Waals surface area (Å²) in [6.07, 6.45) is 1.25. The molecular weight excluding hydrogens is 362 g/mol. The minimum absolute atomic E-state index is 0.0225. The molecule has 1 N–H and O–H groups in total. The molecule has 0 atom stereocenters. The molecule has 8 nitrogen and oxygen atoms in total. The quantitative estimate of drug-likeness (QED) is 0.496. The van der Waals surface area contributed by atoms with E-state index in [1.165, 1.54) is 37.5 Å². The number of nitrogens with zero attached hydrogens (tertiary/aromatic N) is 1. The number of ketones is 1. The topological polar surface area (TPSA) is 124 Å². The molecule has 1 aliphatic rings. The highest BCUT2D eigenvalue weighted by Crippen LogP contribution is 2.38. The zero-order chi connectivity index (χ0) is 19.1. The summed E-state index contributed by atoms with van der Waals surface area (Å²) in [6.45, 7) is 0. The fourth-order valence-electron chi connectivity index (χ4n) is 2.75. The molecule has 0 aliphatic carbocycles. The summed E-state index contributed by atoms with van der Waals surface area (Å²) in [4.78, 5) is 22.8. The van der Waals surface area contributed by atoms with Crippen molar-refractivity contribution in [3.8, 4) is 11.5 Å². The Morgan fingerprint density at radius 3 is 2.62 bits per heavy atom. The Bertz CT molecular complexity index is 1070. The monoisotopic (exact) mass is 375 g/mol. The number of hydrogen-bond donors (Lipinski definition) is 1. The number of methoxy groups -OCH3 is 1. The normalized spacial score (nSPS) is 17.0. The van der Waals surface area contributed by atoms with Gasteiger partial charge in [0.25, 0.3) is 0 Å². The first-order valence-corrected chi connectivity index (χ1v) is 9.02. The Kier molecular flexibility index (Phi) is 4.25. The number of benzene rings is 2. The molecule has 1 aliphatic heterocycles. The third-order valence-electron chi connectivity index (χ3n) is 3.94. The molecule has 1 heterocycles. The van der Waals surface area contributed by atoms with E-state index in [0.29, 0.717) is 0 Å². The van der Waals surface area contributed by atoms with Crippen LogP contribution < -0.4 is 4.74 Å². The Morgan fingerprint density at radius 2 is 1.96 bits per heavy atom. The number of ether oxygens (including phenoxy) is 1. The molecule has 0 fully saturated rings. The molecule has 2 aromatic rings. The van der Waals surface area contributed by atoms with Crippen LogP contribution in [0.15, 0.2) is 46.9 Å². The smallest absolute Gasteiger partial charge is 0.315 e. The van der Waals surface area contributed by atoms with Gasteiger partial charge in [0.2, 0.25) is 5.75 Å². The van der Waals surface area contributed by atoms with E-state index in [4.69, 9.17) is 4.74 Å². The van der Waals surface area contributed by atoms with Gasteiger partial charge in [0.15, 0.2) is 21.4 Å². The molecule has 134 valence electrons. The molecule has 0 spiro atoms. The fraction of sp³-hybridized carbons (Fsp3) is 0.118. The number of fused-ring (bicyclic) bond motifs is 1. The lowest BCUT2D eigenvalue weighted by Gasteiger charge is -2.17. The molecule has 2 aromatic carbocycles. The lowest BCUT2D eigenvalue weighted by atomic mass is 10.0. The van der Waals surface area contributed by atoms with Crippen LogP contribution in [0.1, 0.15) is 15.9 Å². The predicted octanol–water partition coefficient (Wildman–Crippen LogP) is 2.36. The molecule has 0 saturated carbocycles.